The van der Waals surface area contributed by atoms with Crippen LogP contribution in [0, 0.1) is 52.3 Å². The van der Waals surface area contributed by atoms with Crippen LogP contribution in [-0.4, -0.2) is 34.2 Å². The zero-order valence-corrected chi connectivity index (χ0v) is 25.3. The van der Waals surface area contributed by atoms with Gasteiger partial charge in [0.15, 0.2) is 0 Å². The first-order chi connectivity index (χ1) is 18.7. The molecule has 3 fully saturated rings. The summed E-state index contributed by atoms with van der Waals surface area (Å²) in [4.78, 5) is 13.8. The van der Waals surface area contributed by atoms with E-state index in [0.29, 0.717) is 36.4 Å². The zero-order chi connectivity index (χ0) is 27.6. The molecule has 1 aromatic heterocycles. The van der Waals surface area contributed by atoms with E-state index in [9.17, 15) is 4.79 Å². The van der Waals surface area contributed by atoms with E-state index < -0.39 is 0 Å². The largest absolute Gasteiger partial charge is 0.449 e. The van der Waals surface area contributed by atoms with Crippen molar-refractivity contribution in [1.29, 1.82) is 0 Å². The maximum atomic E-state index is 12.2. The highest BCUT2D eigenvalue weighted by Gasteiger charge is 2.59. The SMILES string of the molecule is CC(C)CCCC(C)C1CCC2C3CC=C4CC(COC(=O)NCCn5nccn5)CCC4(C)C3CCC12C. The van der Waals surface area contributed by atoms with Gasteiger partial charge in [0.05, 0.1) is 25.5 Å². The lowest BCUT2D eigenvalue weighted by Gasteiger charge is -2.58. The van der Waals surface area contributed by atoms with E-state index in [4.69, 9.17) is 4.74 Å². The Morgan fingerprint density at radius 1 is 1.08 bits per heavy atom. The van der Waals surface area contributed by atoms with Gasteiger partial charge in [-0.2, -0.15) is 15.0 Å². The standard InChI is InChI=1S/C33H54N4O2/c1-23(2)7-6-8-24(3)28-11-12-29-27-10-9-26-21-25(13-15-32(26,4)30(27)14-16-33(28,29)5)22-39-31(38)34-19-20-37-35-17-18-36-37/h9,17-18,23-25,27-30H,6-8,10-16,19-22H2,1-5H3,(H,34,38). The first-order valence-electron chi connectivity index (χ1n) is 16.1. The molecule has 0 spiro atoms. The summed E-state index contributed by atoms with van der Waals surface area (Å²) in [5.41, 5.74) is 2.57. The number of amides is 1. The molecule has 6 nitrogen and oxygen atoms in total. The Hall–Kier alpha value is -1.85. The molecule has 0 aromatic carbocycles. The molecule has 1 aromatic rings. The van der Waals surface area contributed by atoms with Crippen LogP contribution in [0.3, 0.4) is 0 Å². The van der Waals surface area contributed by atoms with Gasteiger partial charge < -0.3 is 10.1 Å². The Morgan fingerprint density at radius 2 is 1.87 bits per heavy atom. The Bertz CT molecular complexity index is 990. The van der Waals surface area contributed by atoms with E-state index in [2.05, 4.69) is 56.2 Å². The number of hydrogen-bond donors (Lipinski definition) is 1. The third-order valence-corrected chi connectivity index (χ3v) is 11.9. The minimum atomic E-state index is -0.325. The topological polar surface area (TPSA) is 69.0 Å². The molecule has 4 aliphatic rings. The lowest BCUT2D eigenvalue weighted by atomic mass is 9.46. The van der Waals surface area contributed by atoms with Crippen molar-refractivity contribution >= 4 is 6.09 Å². The van der Waals surface area contributed by atoms with Gasteiger partial charge in [0.25, 0.3) is 0 Å². The molecule has 8 unspecified atom stereocenters. The second-order valence-corrected chi connectivity index (χ2v) is 14.5. The number of fused-ring (bicyclic) bond motifs is 5. The minimum Gasteiger partial charge on any atom is -0.449 e. The average molecular weight is 539 g/mol. The second-order valence-electron chi connectivity index (χ2n) is 14.5. The molecule has 3 saturated carbocycles. The van der Waals surface area contributed by atoms with E-state index in [1.54, 1.807) is 22.8 Å². The van der Waals surface area contributed by atoms with Crippen LogP contribution in [0.1, 0.15) is 105 Å². The smallest absolute Gasteiger partial charge is 0.407 e. The molecule has 4 aliphatic carbocycles. The number of carbonyl (C=O) groups excluding carboxylic acids is 1. The van der Waals surface area contributed by atoms with Crippen LogP contribution in [0.25, 0.3) is 0 Å². The molecule has 8 atom stereocenters. The van der Waals surface area contributed by atoms with Crippen LogP contribution in [0.5, 0.6) is 0 Å². The monoisotopic (exact) mass is 538 g/mol. The Kier molecular flexibility index (Phi) is 8.78. The number of allylic oxidation sites excluding steroid dienone is 2. The predicted molar refractivity (Wildman–Crippen MR) is 156 cm³/mol. The van der Waals surface area contributed by atoms with E-state index >= 15 is 0 Å². The molecule has 6 heteroatoms. The third-order valence-electron chi connectivity index (χ3n) is 11.9. The van der Waals surface area contributed by atoms with Crippen molar-refractivity contribution in [2.75, 3.05) is 13.2 Å². The van der Waals surface area contributed by atoms with Crippen LogP contribution in [-0.2, 0) is 11.3 Å². The van der Waals surface area contributed by atoms with Crippen LogP contribution in [0.2, 0.25) is 0 Å². The number of ether oxygens (including phenoxy) is 1. The number of aromatic nitrogens is 3. The van der Waals surface area contributed by atoms with E-state index in [1.807, 2.05) is 0 Å². The highest BCUT2D eigenvalue weighted by Crippen LogP contribution is 2.67. The minimum absolute atomic E-state index is 0.325. The van der Waals surface area contributed by atoms with Crippen LogP contribution >= 0.6 is 0 Å². The number of rotatable bonds is 10. The Balaban J connectivity index is 1.14. The number of nitrogens with zero attached hydrogens (tertiary/aromatic N) is 3. The van der Waals surface area contributed by atoms with E-state index in [1.165, 1.54) is 64.2 Å². The van der Waals surface area contributed by atoms with Gasteiger partial charge in [0.1, 0.15) is 0 Å². The fraction of sp³-hybridized carbons (Fsp3) is 0.848. The molecule has 0 bridgehead atoms. The van der Waals surface area contributed by atoms with Crippen molar-refractivity contribution in [3.63, 3.8) is 0 Å². The molecule has 1 amide bonds. The Labute approximate surface area is 237 Å². The normalized spacial score (nSPS) is 36.5. The van der Waals surface area contributed by atoms with Crippen LogP contribution in [0.15, 0.2) is 24.0 Å². The molecule has 1 heterocycles. The maximum Gasteiger partial charge on any atom is 0.407 e. The second kappa shape index (κ2) is 11.9. The van der Waals surface area contributed by atoms with Gasteiger partial charge in [-0.1, -0.05) is 65.5 Å². The van der Waals surface area contributed by atoms with Gasteiger partial charge in [0.2, 0.25) is 0 Å². The number of hydrogen-bond acceptors (Lipinski definition) is 4. The highest BCUT2D eigenvalue weighted by atomic mass is 16.5. The van der Waals surface area contributed by atoms with Crippen molar-refractivity contribution in [1.82, 2.24) is 20.3 Å². The van der Waals surface area contributed by atoms with Gasteiger partial charge in [-0.15, -0.1) is 0 Å². The first-order valence-corrected chi connectivity index (χ1v) is 16.1. The van der Waals surface area contributed by atoms with Gasteiger partial charge in [0, 0.05) is 6.54 Å². The van der Waals surface area contributed by atoms with Gasteiger partial charge in [-0.25, -0.2) is 4.79 Å². The van der Waals surface area contributed by atoms with Gasteiger partial charge in [-0.05, 0) is 104 Å². The molecule has 218 valence electrons. The van der Waals surface area contributed by atoms with Crippen molar-refractivity contribution in [2.24, 2.45) is 52.3 Å². The number of alkyl carbamates (subject to hydrolysis) is 1. The summed E-state index contributed by atoms with van der Waals surface area (Å²) in [6.07, 6.45) is 20.4. The van der Waals surface area contributed by atoms with Crippen molar-refractivity contribution in [3.8, 4) is 0 Å². The maximum absolute atomic E-state index is 12.2. The number of carbonyl (C=O) groups is 1. The van der Waals surface area contributed by atoms with Gasteiger partial charge >= 0.3 is 6.09 Å². The molecule has 5 rings (SSSR count). The Morgan fingerprint density at radius 3 is 2.64 bits per heavy atom. The molecule has 0 radical (unpaired) electrons. The van der Waals surface area contributed by atoms with Crippen molar-refractivity contribution < 1.29 is 9.53 Å². The predicted octanol–water partition coefficient (Wildman–Crippen LogP) is 7.66. The summed E-state index contributed by atoms with van der Waals surface area (Å²) < 4.78 is 5.64. The fourth-order valence-corrected chi connectivity index (χ4v) is 9.76. The lowest BCUT2D eigenvalue weighted by Crippen LogP contribution is -2.50. The molecule has 1 N–H and O–H groups in total. The summed E-state index contributed by atoms with van der Waals surface area (Å²) in [7, 11) is 0. The molecule has 39 heavy (non-hydrogen) atoms. The molecular formula is C33H54N4O2. The van der Waals surface area contributed by atoms with Crippen LogP contribution < -0.4 is 5.32 Å². The molecule has 0 aliphatic heterocycles. The summed E-state index contributed by atoms with van der Waals surface area (Å²) in [5, 5.41) is 11.0. The van der Waals surface area contributed by atoms with Gasteiger partial charge in [-0.3, -0.25) is 0 Å². The summed E-state index contributed by atoms with van der Waals surface area (Å²) in [5.74, 6) is 5.68. The quantitative estimate of drug-likeness (QED) is 0.310. The first kappa shape index (κ1) is 28.7. The zero-order valence-electron chi connectivity index (χ0n) is 25.3. The number of nitrogens with one attached hydrogen (secondary N) is 1. The van der Waals surface area contributed by atoms with Crippen molar-refractivity contribution in [2.45, 2.75) is 112 Å². The van der Waals surface area contributed by atoms with Crippen molar-refractivity contribution in [3.05, 3.63) is 24.0 Å². The molecular weight excluding hydrogens is 484 g/mol. The average Bonchev–Trinajstić information content (AvgIpc) is 3.54. The van der Waals surface area contributed by atoms with Crippen LogP contribution in [0.4, 0.5) is 4.79 Å². The summed E-state index contributed by atoms with van der Waals surface area (Å²) in [6.45, 7) is 14.1. The summed E-state index contributed by atoms with van der Waals surface area (Å²) in [6, 6.07) is 0. The fourth-order valence-electron chi connectivity index (χ4n) is 9.76. The lowest BCUT2D eigenvalue weighted by molar-refractivity contribution is -0.0541. The molecule has 0 saturated heterocycles. The highest BCUT2D eigenvalue weighted by molar-refractivity contribution is 5.67. The van der Waals surface area contributed by atoms with E-state index in [0.717, 1.165) is 41.9 Å². The summed E-state index contributed by atoms with van der Waals surface area (Å²) >= 11 is 0. The van der Waals surface area contributed by atoms with E-state index in [-0.39, 0.29) is 6.09 Å². The third kappa shape index (κ3) is 5.95.